The number of aromatic nitrogens is 1. The van der Waals surface area contributed by atoms with Crippen LogP contribution in [0, 0.1) is 19.3 Å². The monoisotopic (exact) mass is 137 g/mol. The van der Waals surface area contributed by atoms with Crippen molar-refractivity contribution in [3.8, 4) is 12.3 Å². The summed E-state index contributed by atoms with van der Waals surface area (Å²) in [6.45, 7) is 1.74. The van der Waals surface area contributed by atoms with Crippen LogP contribution in [0.4, 0.5) is 0 Å². The largest absolute Gasteiger partial charge is 0.374 e. The lowest BCUT2D eigenvalue weighted by Gasteiger charge is -1.92. The molecular formula is C7H7NO2. The predicted molar refractivity (Wildman–Crippen MR) is 35.0 cm³/mol. The first-order valence-corrected chi connectivity index (χ1v) is 2.81. The van der Waals surface area contributed by atoms with Crippen LogP contribution in [0.25, 0.3) is 0 Å². The maximum atomic E-state index is 8.98. The molecular weight excluding hydrogens is 130 g/mol. The molecule has 52 valence electrons. The summed E-state index contributed by atoms with van der Waals surface area (Å²) >= 11 is 0. The number of aliphatic hydroxyl groups is 1. The van der Waals surface area contributed by atoms with Crippen molar-refractivity contribution in [3.05, 3.63) is 17.5 Å². The zero-order valence-electron chi connectivity index (χ0n) is 5.53. The number of hydrogen-bond acceptors (Lipinski definition) is 3. The predicted octanol–water partition coefficient (Wildman–Crippen LogP) is 0.650. The molecule has 1 aromatic heterocycles. The number of aliphatic hydroxyl groups excluding tert-OH is 1. The molecule has 0 aromatic carbocycles. The highest BCUT2D eigenvalue weighted by Gasteiger charge is 2.07. The average Bonchev–Trinajstić information content (AvgIpc) is 2.34. The second-order valence-electron chi connectivity index (χ2n) is 1.93. The van der Waals surface area contributed by atoms with E-state index < -0.39 is 6.10 Å². The van der Waals surface area contributed by atoms with Crippen molar-refractivity contribution in [1.82, 2.24) is 5.16 Å². The molecule has 1 rings (SSSR count). The molecule has 1 N–H and O–H groups in total. The highest BCUT2D eigenvalue weighted by Crippen LogP contribution is 2.10. The summed E-state index contributed by atoms with van der Waals surface area (Å²) < 4.78 is 4.68. The van der Waals surface area contributed by atoms with Gasteiger partial charge in [-0.3, -0.25) is 0 Å². The molecule has 0 radical (unpaired) electrons. The molecule has 0 aliphatic rings. The van der Waals surface area contributed by atoms with E-state index in [1.54, 1.807) is 13.0 Å². The van der Waals surface area contributed by atoms with Crippen LogP contribution in [-0.4, -0.2) is 10.3 Å². The van der Waals surface area contributed by atoms with Gasteiger partial charge in [0.1, 0.15) is 11.5 Å². The summed E-state index contributed by atoms with van der Waals surface area (Å²) in [5.41, 5.74) is 0.389. The second kappa shape index (κ2) is 2.54. The molecule has 0 aliphatic heterocycles. The van der Waals surface area contributed by atoms with Gasteiger partial charge in [-0.1, -0.05) is 11.1 Å². The Balaban J connectivity index is 2.87. The quantitative estimate of drug-likeness (QED) is 0.578. The smallest absolute Gasteiger partial charge is 0.160 e. The van der Waals surface area contributed by atoms with Crippen molar-refractivity contribution in [2.75, 3.05) is 0 Å². The molecule has 3 heteroatoms. The van der Waals surface area contributed by atoms with Crippen LogP contribution >= 0.6 is 0 Å². The zero-order chi connectivity index (χ0) is 7.56. The molecule has 0 unspecified atom stereocenters. The van der Waals surface area contributed by atoms with Crippen molar-refractivity contribution in [1.29, 1.82) is 0 Å². The van der Waals surface area contributed by atoms with Gasteiger partial charge in [0.2, 0.25) is 0 Å². The van der Waals surface area contributed by atoms with E-state index in [4.69, 9.17) is 11.5 Å². The standard InChI is InChI=1S/C7H7NO2/c1-3-7(9)6-4-5(2)10-8-6/h1,4,7,9H,2H3/t7-/m1/s1. The van der Waals surface area contributed by atoms with Gasteiger partial charge in [-0.15, -0.1) is 6.42 Å². The average molecular weight is 137 g/mol. The number of rotatable bonds is 1. The highest BCUT2D eigenvalue weighted by molar-refractivity contribution is 5.14. The third-order valence-electron chi connectivity index (χ3n) is 1.08. The summed E-state index contributed by atoms with van der Waals surface area (Å²) in [4.78, 5) is 0. The summed E-state index contributed by atoms with van der Waals surface area (Å²) in [7, 11) is 0. The summed E-state index contributed by atoms with van der Waals surface area (Å²) in [5.74, 6) is 2.77. The van der Waals surface area contributed by atoms with Crippen LogP contribution < -0.4 is 0 Å². The molecule has 0 saturated carbocycles. The van der Waals surface area contributed by atoms with E-state index >= 15 is 0 Å². The fraction of sp³-hybridized carbons (Fsp3) is 0.286. The van der Waals surface area contributed by atoms with Gasteiger partial charge >= 0.3 is 0 Å². The fourth-order valence-electron chi connectivity index (χ4n) is 0.600. The van der Waals surface area contributed by atoms with Crippen LogP contribution in [-0.2, 0) is 0 Å². The van der Waals surface area contributed by atoms with Crippen LogP contribution in [0.3, 0.4) is 0 Å². The van der Waals surface area contributed by atoms with Crippen LogP contribution in [0.15, 0.2) is 10.6 Å². The Labute approximate surface area is 58.6 Å². The van der Waals surface area contributed by atoms with E-state index in [0.717, 1.165) is 0 Å². The van der Waals surface area contributed by atoms with Gasteiger partial charge < -0.3 is 9.63 Å². The molecule has 1 heterocycles. The molecule has 3 nitrogen and oxygen atoms in total. The van der Waals surface area contributed by atoms with Gasteiger partial charge in [0.25, 0.3) is 0 Å². The maximum absolute atomic E-state index is 8.98. The Morgan fingerprint density at radius 3 is 3.00 bits per heavy atom. The molecule has 0 saturated heterocycles. The summed E-state index contributed by atoms with van der Waals surface area (Å²) in [6.07, 6.45) is 3.98. The van der Waals surface area contributed by atoms with Crippen molar-refractivity contribution in [2.24, 2.45) is 0 Å². The summed E-state index contributed by atoms with van der Waals surface area (Å²) in [5, 5.41) is 12.5. The topological polar surface area (TPSA) is 46.3 Å². The Hall–Kier alpha value is -1.27. The van der Waals surface area contributed by atoms with E-state index in [2.05, 4.69) is 15.6 Å². The molecule has 0 fully saturated rings. The fourth-order valence-corrected chi connectivity index (χ4v) is 0.600. The molecule has 1 aromatic rings. The number of hydrogen-bond donors (Lipinski definition) is 1. The third-order valence-corrected chi connectivity index (χ3v) is 1.08. The first kappa shape index (κ1) is 6.84. The maximum Gasteiger partial charge on any atom is 0.160 e. The highest BCUT2D eigenvalue weighted by atomic mass is 16.5. The molecule has 1 atom stereocenters. The van der Waals surface area contributed by atoms with Gasteiger partial charge in [-0.25, -0.2) is 0 Å². The Bertz CT molecular complexity index is 259. The minimum Gasteiger partial charge on any atom is -0.374 e. The van der Waals surface area contributed by atoms with Gasteiger partial charge in [0, 0.05) is 6.07 Å². The molecule has 0 spiro atoms. The Morgan fingerprint density at radius 2 is 2.60 bits per heavy atom. The SMILES string of the molecule is C#C[C@@H](O)c1cc(C)on1. The first-order chi connectivity index (χ1) is 4.74. The van der Waals surface area contributed by atoms with E-state index in [1.165, 1.54) is 0 Å². The number of nitrogens with zero attached hydrogens (tertiary/aromatic N) is 1. The van der Waals surface area contributed by atoms with Crippen molar-refractivity contribution >= 4 is 0 Å². The lowest BCUT2D eigenvalue weighted by Crippen LogP contribution is -1.91. The minimum absolute atomic E-state index is 0.389. The zero-order valence-corrected chi connectivity index (χ0v) is 5.53. The second-order valence-corrected chi connectivity index (χ2v) is 1.93. The lowest BCUT2D eigenvalue weighted by atomic mass is 10.2. The van der Waals surface area contributed by atoms with E-state index in [0.29, 0.717) is 11.5 Å². The third kappa shape index (κ3) is 1.17. The lowest BCUT2D eigenvalue weighted by molar-refractivity contribution is 0.225. The van der Waals surface area contributed by atoms with Gasteiger partial charge in [-0.05, 0) is 6.92 Å². The molecule has 0 bridgehead atoms. The minimum atomic E-state index is -0.947. The first-order valence-electron chi connectivity index (χ1n) is 2.81. The molecule has 10 heavy (non-hydrogen) atoms. The Morgan fingerprint density at radius 1 is 1.90 bits per heavy atom. The molecule has 0 amide bonds. The summed E-state index contributed by atoms with van der Waals surface area (Å²) in [6, 6.07) is 1.60. The van der Waals surface area contributed by atoms with Crippen LogP contribution in [0.5, 0.6) is 0 Å². The van der Waals surface area contributed by atoms with Crippen molar-refractivity contribution in [2.45, 2.75) is 13.0 Å². The van der Waals surface area contributed by atoms with Crippen LogP contribution in [0.1, 0.15) is 17.6 Å². The normalized spacial score (nSPS) is 12.5. The van der Waals surface area contributed by atoms with E-state index in [1.807, 2.05) is 0 Å². The van der Waals surface area contributed by atoms with Crippen molar-refractivity contribution in [3.63, 3.8) is 0 Å². The van der Waals surface area contributed by atoms with E-state index in [-0.39, 0.29) is 0 Å². The van der Waals surface area contributed by atoms with Crippen LogP contribution in [0.2, 0.25) is 0 Å². The van der Waals surface area contributed by atoms with Gasteiger partial charge in [-0.2, -0.15) is 0 Å². The van der Waals surface area contributed by atoms with Crippen molar-refractivity contribution < 1.29 is 9.63 Å². The number of terminal acetylenes is 1. The van der Waals surface area contributed by atoms with Gasteiger partial charge in [0.05, 0.1) is 0 Å². The van der Waals surface area contributed by atoms with Gasteiger partial charge in [0.15, 0.2) is 6.10 Å². The molecule has 0 aliphatic carbocycles. The Kier molecular flexibility index (Phi) is 1.74. The number of aryl methyl sites for hydroxylation is 1. The van der Waals surface area contributed by atoms with E-state index in [9.17, 15) is 0 Å².